The smallest absolute Gasteiger partial charge is 0.359 e. The van der Waals surface area contributed by atoms with Crippen LogP contribution < -0.4 is 10.2 Å². The van der Waals surface area contributed by atoms with Crippen molar-refractivity contribution >= 4 is 11.8 Å². The molecule has 1 aromatic heterocycles. The molecule has 0 aromatic carbocycles. The predicted octanol–water partition coefficient (Wildman–Crippen LogP) is 1.23. The van der Waals surface area contributed by atoms with Crippen molar-refractivity contribution in [2.24, 2.45) is 0 Å². The molecule has 0 amide bonds. The van der Waals surface area contributed by atoms with Gasteiger partial charge in [0.25, 0.3) is 0 Å². The van der Waals surface area contributed by atoms with Gasteiger partial charge in [-0.1, -0.05) is 0 Å². The second kappa shape index (κ2) is 6.17. The number of hydrogen-bond donors (Lipinski definition) is 1. The number of carbonyl (C=O) groups is 1. The molecular formula is C14H22N4O2. The Hall–Kier alpha value is -1.69. The SMILES string of the molecule is CC(C)(C)OC(=O)c1cnc(N2CCCNCC2)cn1. The molecule has 1 saturated heterocycles. The van der Waals surface area contributed by atoms with E-state index >= 15 is 0 Å². The van der Waals surface area contributed by atoms with Gasteiger partial charge >= 0.3 is 5.97 Å². The van der Waals surface area contributed by atoms with Crippen molar-refractivity contribution in [2.75, 3.05) is 31.1 Å². The molecule has 2 rings (SSSR count). The fraction of sp³-hybridized carbons (Fsp3) is 0.643. The van der Waals surface area contributed by atoms with Gasteiger partial charge in [-0.3, -0.25) is 0 Å². The molecule has 0 aliphatic carbocycles. The Morgan fingerprint density at radius 3 is 2.70 bits per heavy atom. The molecule has 20 heavy (non-hydrogen) atoms. The summed E-state index contributed by atoms with van der Waals surface area (Å²) in [4.78, 5) is 22.5. The zero-order chi connectivity index (χ0) is 14.6. The molecule has 2 heterocycles. The normalized spacial score (nSPS) is 16.6. The number of nitrogens with zero attached hydrogens (tertiary/aromatic N) is 3. The molecule has 110 valence electrons. The molecule has 0 atom stereocenters. The van der Waals surface area contributed by atoms with Gasteiger partial charge < -0.3 is 15.0 Å². The zero-order valence-electron chi connectivity index (χ0n) is 12.3. The van der Waals surface area contributed by atoms with Crippen LogP contribution in [0.3, 0.4) is 0 Å². The van der Waals surface area contributed by atoms with Crippen molar-refractivity contribution in [1.29, 1.82) is 0 Å². The second-order valence-electron chi connectivity index (χ2n) is 5.85. The summed E-state index contributed by atoms with van der Waals surface area (Å²) in [6, 6.07) is 0. The molecular weight excluding hydrogens is 256 g/mol. The Morgan fingerprint density at radius 2 is 2.05 bits per heavy atom. The third-order valence-corrected chi connectivity index (χ3v) is 2.91. The van der Waals surface area contributed by atoms with Gasteiger partial charge in [0.2, 0.25) is 0 Å². The monoisotopic (exact) mass is 278 g/mol. The van der Waals surface area contributed by atoms with E-state index in [2.05, 4.69) is 20.2 Å². The lowest BCUT2D eigenvalue weighted by molar-refractivity contribution is 0.00624. The zero-order valence-corrected chi connectivity index (χ0v) is 12.3. The number of hydrogen-bond acceptors (Lipinski definition) is 6. The minimum atomic E-state index is -0.520. The highest BCUT2D eigenvalue weighted by Crippen LogP contribution is 2.13. The summed E-state index contributed by atoms with van der Waals surface area (Å²) < 4.78 is 5.26. The molecule has 1 aliphatic heterocycles. The summed E-state index contributed by atoms with van der Waals surface area (Å²) in [6.45, 7) is 9.31. The van der Waals surface area contributed by atoms with Crippen LogP contribution in [0.1, 0.15) is 37.7 Å². The van der Waals surface area contributed by atoms with Crippen molar-refractivity contribution in [3.05, 3.63) is 18.1 Å². The van der Waals surface area contributed by atoms with Crippen LogP contribution >= 0.6 is 0 Å². The van der Waals surface area contributed by atoms with Gasteiger partial charge in [-0.15, -0.1) is 0 Å². The first-order chi connectivity index (χ1) is 9.46. The minimum absolute atomic E-state index is 0.247. The van der Waals surface area contributed by atoms with Crippen LogP contribution in [0.25, 0.3) is 0 Å². The van der Waals surface area contributed by atoms with Gasteiger partial charge in [-0.2, -0.15) is 0 Å². The first kappa shape index (κ1) is 14.7. The Balaban J connectivity index is 2.03. The van der Waals surface area contributed by atoms with Crippen LogP contribution in [0.15, 0.2) is 12.4 Å². The van der Waals surface area contributed by atoms with Crippen molar-refractivity contribution in [3.8, 4) is 0 Å². The highest BCUT2D eigenvalue weighted by Gasteiger charge is 2.19. The van der Waals surface area contributed by atoms with E-state index in [0.717, 1.165) is 38.4 Å². The molecule has 0 saturated carbocycles. The fourth-order valence-electron chi connectivity index (χ4n) is 2.00. The number of carbonyl (C=O) groups excluding carboxylic acids is 1. The number of nitrogens with one attached hydrogen (secondary N) is 1. The van der Waals surface area contributed by atoms with E-state index < -0.39 is 11.6 Å². The van der Waals surface area contributed by atoms with Crippen molar-refractivity contribution in [3.63, 3.8) is 0 Å². The van der Waals surface area contributed by atoms with Gasteiger partial charge in [0.15, 0.2) is 5.69 Å². The summed E-state index contributed by atoms with van der Waals surface area (Å²) in [6.07, 6.45) is 4.21. The lowest BCUT2D eigenvalue weighted by Crippen LogP contribution is -2.29. The second-order valence-corrected chi connectivity index (χ2v) is 5.85. The number of rotatable bonds is 2. The van der Waals surface area contributed by atoms with Crippen LogP contribution in [0.4, 0.5) is 5.82 Å². The largest absolute Gasteiger partial charge is 0.455 e. The highest BCUT2D eigenvalue weighted by molar-refractivity contribution is 5.87. The van der Waals surface area contributed by atoms with Gasteiger partial charge in [0, 0.05) is 19.6 Å². The Labute approximate surface area is 119 Å². The van der Waals surface area contributed by atoms with E-state index in [1.807, 2.05) is 20.8 Å². The number of ether oxygens (including phenoxy) is 1. The third-order valence-electron chi connectivity index (χ3n) is 2.91. The summed E-state index contributed by atoms with van der Waals surface area (Å²) in [5, 5.41) is 3.34. The summed E-state index contributed by atoms with van der Waals surface area (Å²) in [5.41, 5.74) is -0.273. The summed E-state index contributed by atoms with van der Waals surface area (Å²) in [5.74, 6) is 0.370. The van der Waals surface area contributed by atoms with Crippen LogP contribution in [0.2, 0.25) is 0 Å². The van der Waals surface area contributed by atoms with E-state index in [1.54, 1.807) is 6.20 Å². The fourth-order valence-corrected chi connectivity index (χ4v) is 2.00. The topological polar surface area (TPSA) is 67.3 Å². The Bertz CT molecular complexity index is 445. The maximum atomic E-state index is 11.9. The first-order valence-corrected chi connectivity index (χ1v) is 6.97. The third kappa shape index (κ3) is 4.16. The molecule has 0 bridgehead atoms. The maximum Gasteiger partial charge on any atom is 0.359 e. The molecule has 0 spiro atoms. The molecule has 1 aromatic rings. The first-order valence-electron chi connectivity index (χ1n) is 6.97. The lowest BCUT2D eigenvalue weighted by Gasteiger charge is -2.21. The van der Waals surface area contributed by atoms with E-state index in [1.165, 1.54) is 6.20 Å². The van der Waals surface area contributed by atoms with Crippen molar-refractivity contribution < 1.29 is 9.53 Å². The molecule has 6 heteroatoms. The summed E-state index contributed by atoms with van der Waals surface area (Å²) >= 11 is 0. The van der Waals surface area contributed by atoms with E-state index in [0.29, 0.717) is 0 Å². The van der Waals surface area contributed by atoms with Gasteiger partial charge in [-0.05, 0) is 33.7 Å². The Morgan fingerprint density at radius 1 is 1.25 bits per heavy atom. The van der Waals surface area contributed by atoms with Crippen LogP contribution in [-0.4, -0.2) is 47.7 Å². The van der Waals surface area contributed by atoms with E-state index in [4.69, 9.17) is 4.74 Å². The molecule has 6 nitrogen and oxygen atoms in total. The van der Waals surface area contributed by atoms with Crippen molar-refractivity contribution in [1.82, 2.24) is 15.3 Å². The molecule has 1 aliphatic rings. The van der Waals surface area contributed by atoms with Crippen LogP contribution in [0, 0.1) is 0 Å². The molecule has 1 fully saturated rings. The number of esters is 1. The maximum absolute atomic E-state index is 11.9. The molecule has 0 radical (unpaired) electrons. The highest BCUT2D eigenvalue weighted by atomic mass is 16.6. The van der Waals surface area contributed by atoms with Gasteiger partial charge in [-0.25, -0.2) is 14.8 Å². The summed E-state index contributed by atoms with van der Waals surface area (Å²) in [7, 11) is 0. The Kier molecular flexibility index (Phi) is 4.54. The van der Waals surface area contributed by atoms with E-state index in [-0.39, 0.29) is 5.69 Å². The number of anilines is 1. The molecule has 1 N–H and O–H groups in total. The van der Waals surface area contributed by atoms with Crippen molar-refractivity contribution in [2.45, 2.75) is 32.8 Å². The van der Waals surface area contributed by atoms with Crippen LogP contribution in [0.5, 0.6) is 0 Å². The predicted molar refractivity (Wildman–Crippen MR) is 76.9 cm³/mol. The number of aromatic nitrogens is 2. The minimum Gasteiger partial charge on any atom is -0.455 e. The van der Waals surface area contributed by atoms with E-state index in [9.17, 15) is 4.79 Å². The average molecular weight is 278 g/mol. The standard InChI is InChI=1S/C14H22N4O2/c1-14(2,3)20-13(19)11-9-17-12(10-16-11)18-7-4-5-15-6-8-18/h9-10,15H,4-8H2,1-3H3. The van der Waals surface area contributed by atoms with Gasteiger partial charge in [0.1, 0.15) is 11.4 Å². The lowest BCUT2D eigenvalue weighted by atomic mass is 10.2. The average Bonchev–Trinajstić information content (AvgIpc) is 2.66. The quantitative estimate of drug-likeness (QED) is 0.821. The molecule has 0 unspecified atom stereocenters. The van der Waals surface area contributed by atoms with Gasteiger partial charge in [0.05, 0.1) is 12.4 Å². The van der Waals surface area contributed by atoms with Crippen LogP contribution in [-0.2, 0) is 4.74 Å².